The first-order chi connectivity index (χ1) is 8.15. The van der Waals surface area contributed by atoms with Gasteiger partial charge in [-0.1, -0.05) is 0 Å². The van der Waals surface area contributed by atoms with Gasteiger partial charge in [0, 0.05) is 46.5 Å². The number of aromatic nitrogens is 2. The Balaban J connectivity index is 2.14. The Labute approximate surface area is 102 Å². The molecular formula is C11H21N5O. The Kier molecular flexibility index (Phi) is 5.48. The molecule has 17 heavy (non-hydrogen) atoms. The van der Waals surface area contributed by atoms with Crippen molar-refractivity contribution in [3.05, 3.63) is 18.0 Å². The van der Waals surface area contributed by atoms with Crippen molar-refractivity contribution in [3.8, 4) is 0 Å². The van der Waals surface area contributed by atoms with Gasteiger partial charge >= 0.3 is 6.03 Å². The van der Waals surface area contributed by atoms with E-state index in [-0.39, 0.29) is 6.03 Å². The average molecular weight is 239 g/mol. The maximum absolute atomic E-state index is 11.2. The van der Waals surface area contributed by atoms with Gasteiger partial charge in [0.05, 0.1) is 5.69 Å². The Morgan fingerprint density at radius 3 is 2.88 bits per heavy atom. The minimum Gasteiger partial charge on any atom is -0.337 e. The average Bonchev–Trinajstić information content (AvgIpc) is 2.75. The summed E-state index contributed by atoms with van der Waals surface area (Å²) in [4.78, 5) is 12.7. The zero-order valence-electron chi connectivity index (χ0n) is 10.7. The molecule has 6 nitrogen and oxygen atoms in total. The molecule has 96 valence electrons. The maximum Gasteiger partial charge on any atom is 0.316 e. The number of rotatable bonds is 6. The van der Waals surface area contributed by atoms with Gasteiger partial charge in [-0.25, -0.2) is 4.79 Å². The molecule has 0 unspecified atom stereocenters. The summed E-state index contributed by atoms with van der Waals surface area (Å²) >= 11 is 0. The zero-order chi connectivity index (χ0) is 12.7. The smallest absolute Gasteiger partial charge is 0.316 e. The first kappa shape index (κ1) is 13.5. The third kappa shape index (κ3) is 4.44. The van der Waals surface area contributed by atoms with E-state index in [0.717, 1.165) is 25.3 Å². The van der Waals surface area contributed by atoms with Crippen molar-refractivity contribution < 1.29 is 4.79 Å². The minimum atomic E-state index is -0.0644. The van der Waals surface area contributed by atoms with E-state index in [1.807, 2.05) is 10.7 Å². The second kappa shape index (κ2) is 6.90. The molecule has 0 saturated heterocycles. The summed E-state index contributed by atoms with van der Waals surface area (Å²) in [7, 11) is 3.45. The summed E-state index contributed by atoms with van der Waals surface area (Å²) < 4.78 is 1.95. The molecule has 0 radical (unpaired) electrons. The molecule has 0 aliphatic heterocycles. The van der Waals surface area contributed by atoms with E-state index >= 15 is 0 Å². The monoisotopic (exact) mass is 239 g/mol. The fourth-order valence-corrected chi connectivity index (χ4v) is 1.43. The van der Waals surface area contributed by atoms with Gasteiger partial charge in [0.15, 0.2) is 0 Å². The highest BCUT2D eigenvalue weighted by atomic mass is 16.2. The minimum absolute atomic E-state index is 0.0644. The van der Waals surface area contributed by atoms with Gasteiger partial charge in [-0.2, -0.15) is 5.10 Å². The van der Waals surface area contributed by atoms with Crippen LogP contribution in [-0.4, -0.2) is 47.9 Å². The molecule has 6 heteroatoms. The molecule has 0 aliphatic rings. The maximum atomic E-state index is 11.2. The van der Waals surface area contributed by atoms with Crippen molar-refractivity contribution in [1.82, 2.24) is 25.3 Å². The zero-order valence-corrected chi connectivity index (χ0v) is 10.7. The molecule has 1 aromatic heterocycles. The van der Waals surface area contributed by atoms with Gasteiger partial charge in [0.2, 0.25) is 0 Å². The van der Waals surface area contributed by atoms with Crippen molar-refractivity contribution in [2.24, 2.45) is 0 Å². The number of aryl methyl sites for hydroxylation is 1. The lowest BCUT2D eigenvalue weighted by Crippen LogP contribution is -2.38. The standard InChI is InChI=1S/C11H21N5O/c1-4-16-10(5-6-14-16)9-12-7-8-13-11(17)15(2)3/h5-6,12H,4,7-9H2,1-3H3,(H,13,17). The molecule has 2 N–H and O–H groups in total. The van der Waals surface area contributed by atoms with Crippen LogP contribution in [0.2, 0.25) is 0 Å². The lowest BCUT2D eigenvalue weighted by atomic mass is 10.4. The lowest BCUT2D eigenvalue weighted by Gasteiger charge is -2.12. The summed E-state index contributed by atoms with van der Waals surface area (Å²) in [6.45, 7) is 5.08. The first-order valence-corrected chi connectivity index (χ1v) is 5.81. The Bertz CT molecular complexity index is 347. The van der Waals surface area contributed by atoms with Gasteiger partial charge in [-0.15, -0.1) is 0 Å². The van der Waals surface area contributed by atoms with Crippen LogP contribution in [0.25, 0.3) is 0 Å². The summed E-state index contributed by atoms with van der Waals surface area (Å²) in [5.74, 6) is 0. The lowest BCUT2D eigenvalue weighted by molar-refractivity contribution is 0.217. The number of carbonyl (C=O) groups is 1. The summed E-state index contributed by atoms with van der Waals surface area (Å²) in [6.07, 6.45) is 1.80. The van der Waals surface area contributed by atoms with Gasteiger partial charge < -0.3 is 15.5 Å². The van der Waals surface area contributed by atoms with Crippen LogP contribution in [0.4, 0.5) is 4.79 Å². The number of carbonyl (C=O) groups excluding carboxylic acids is 1. The number of amides is 2. The molecule has 0 saturated carbocycles. The van der Waals surface area contributed by atoms with Crippen LogP contribution in [0, 0.1) is 0 Å². The molecule has 0 fully saturated rings. The fraction of sp³-hybridized carbons (Fsp3) is 0.636. The number of nitrogens with zero attached hydrogens (tertiary/aromatic N) is 3. The summed E-state index contributed by atoms with van der Waals surface area (Å²) in [5.41, 5.74) is 1.16. The number of urea groups is 1. The third-order valence-electron chi connectivity index (χ3n) is 2.39. The highest BCUT2D eigenvalue weighted by Crippen LogP contribution is 1.97. The quantitative estimate of drug-likeness (QED) is 0.700. The second-order valence-electron chi connectivity index (χ2n) is 3.94. The van der Waals surface area contributed by atoms with Crippen molar-refractivity contribution in [2.75, 3.05) is 27.2 Å². The number of hydrogen-bond acceptors (Lipinski definition) is 3. The van der Waals surface area contributed by atoms with E-state index in [2.05, 4.69) is 22.7 Å². The van der Waals surface area contributed by atoms with Crippen LogP contribution in [0.15, 0.2) is 12.3 Å². The molecule has 1 rings (SSSR count). The molecule has 0 atom stereocenters. The van der Waals surface area contributed by atoms with E-state index in [1.54, 1.807) is 20.3 Å². The Hall–Kier alpha value is -1.56. The van der Waals surface area contributed by atoms with Crippen LogP contribution in [0.5, 0.6) is 0 Å². The normalized spacial score (nSPS) is 10.3. The number of nitrogens with one attached hydrogen (secondary N) is 2. The topological polar surface area (TPSA) is 62.2 Å². The predicted molar refractivity (Wildman–Crippen MR) is 66.7 cm³/mol. The Morgan fingerprint density at radius 1 is 1.47 bits per heavy atom. The molecule has 2 amide bonds. The largest absolute Gasteiger partial charge is 0.337 e. The predicted octanol–water partition coefficient (Wildman–Crippen LogP) is 0.264. The van der Waals surface area contributed by atoms with E-state index in [9.17, 15) is 4.79 Å². The van der Waals surface area contributed by atoms with Crippen molar-refractivity contribution in [2.45, 2.75) is 20.0 Å². The van der Waals surface area contributed by atoms with Crippen molar-refractivity contribution >= 4 is 6.03 Å². The molecule has 0 aliphatic carbocycles. The van der Waals surface area contributed by atoms with Gasteiger partial charge in [0.1, 0.15) is 0 Å². The highest BCUT2D eigenvalue weighted by Gasteiger charge is 2.02. The van der Waals surface area contributed by atoms with Gasteiger partial charge in [-0.3, -0.25) is 4.68 Å². The van der Waals surface area contributed by atoms with E-state index < -0.39 is 0 Å². The molecule has 0 aromatic carbocycles. The molecule has 0 bridgehead atoms. The second-order valence-corrected chi connectivity index (χ2v) is 3.94. The fourth-order valence-electron chi connectivity index (χ4n) is 1.43. The number of hydrogen-bond donors (Lipinski definition) is 2. The highest BCUT2D eigenvalue weighted by molar-refractivity contribution is 5.73. The molecular weight excluding hydrogens is 218 g/mol. The SMILES string of the molecule is CCn1nccc1CNCCNC(=O)N(C)C. The summed E-state index contributed by atoms with van der Waals surface area (Å²) in [6, 6.07) is 1.93. The van der Waals surface area contributed by atoms with Gasteiger partial charge in [0.25, 0.3) is 0 Å². The van der Waals surface area contributed by atoms with E-state index in [4.69, 9.17) is 0 Å². The van der Waals surface area contributed by atoms with Crippen LogP contribution >= 0.6 is 0 Å². The Morgan fingerprint density at radius 2 is 2.24 bits per heavy atom. The first-order valence-electron chi connectivity index (χ1n) is 5.81. The van der Waals surface area contributed by atoms with Crippen molar-refractivity contribution in [3.63, 3.8) is 0 Å². The van der Waals surface area contributed by atoms with Gasteiger partial charge in [-0.05, 0) is 13.0 Å². The van der Waals surface area contributed by atoms with E-state index in [1.165, 1.54) is 4.90 Å². The van der Waals surface area contributed by atoms with Crippen LogP contribution in [-0.2, 0) is 13.1 Å². The van der Waals surface area contributed by atoms with Crippen molar-refractivity contribution in [1.29, 1.82) is 0 Å². The van der Waals surface area contributed by atoms with E-state index in [0.29, 0.717) is 6.54 Å². The molecule has 1 aromatic rings. The molecule has 0 spiro atoms. The van der Waals surface area contributed by atoms with Crippen LogP contribution in [0.3, 0.4) is 0 Å². The van der Waals surface area contributed by atoms with Crippen LogP contribution < -0.4 is 10.6 Å². The molecule has 1 heterocycles. The third-order valence-corrected chi connectivity index (χ3v) is 2.39. The summed E-state index contributed by atoms with van der Waals surface area (Å²) in [5, 5.41) is 10.2. The van der Waals surface area contributed by atoms with Crippen LogP contribution in [0.1, 0.15) is 12.6 Å².